The molecule has 2 rings (SSSR count). The molecule has 23 heteroatoms. The highest BCUT2D eigenvalue weighted by molar-refractivity contribution is 7.85. The lowest BCUT2D eigenvalue weighted by molar-refractivity contribution is -0.550. The number of amides is 1. The number of benzene rings is 1. The van der Waals surface area contributed by atoms with Gasteiger partial charge in [0.25, 0.3) is 10.1 Å². The maximum Gasteiger partial charge on any atom is 0.443 e. The quantitative estimate of drug-likeness (QED) is 0.208. The van der Waals surface area contributed by atoms with Gasteiger partial charge in [-0.1, -0.05) is 0 Å². The van der Waals surface area contributed by atoms with Crippen molar-refractivity contribution in [1.29, 1.82) is 0 Å². The van der Waals surface area contributed by atoms with E-state index in [1.54, 1.807) is 0 Å². The Labute approximate surface area is 197 Å². The van der Waals surface area contributed by atoms with Crippen LogP contribution in [0.25, 0.3) is 0 Å². The first-order chi connectivity index (χ1) is 16.5. The summed E-state index contributed by atoms with van der Waals surface area (Å²) in [4.78, 5) is 10.5. The molecular formula is C15H6F16N2O4S. The average Bonchev–Trinajstić information content (AvgIpc) is 2.74. The molecular weight excluding hydrogens is 608 g/mol. The molecule has 218 valence electrons. The number of nitrogens with one attached hydrogen (secondary N) is 1. The van der Waals surface area contributed by atoms with E-state index in [1.165, 1.54) is 0 Å². The van der Waals surface area contributed by atoms with Gasteiger partial charge in [0.1, 0.15) is 0 Å². The lowest BCUT2D eigenvalue weighted by Crippen LogP contribution is -2.91. The molecule has 2 atom stereocenters. The summed E-state index contributed by atoms with van der Waals surface area (Å²) in [5.74, 6) is -44.8. The molecule has 2 unspecified atom stereocenters. The van der Waals surface area contributed by atoms with Gasteiger partial charge in [0.05, 0.1) is 4.90 Å². The Bertz CT molecular complexity index is 1220. The summed E-state index contributed by atoms with van der Waals surface area (Å²) in [7, 11) is -5.02. The zero-order valence-electron chi connectivity index (χ0n) is 16.9. The van der Waals surface area contributed by atoms with Gasteiger partial charge in [0, 0.05) is 5.69 Å². The van der Waals surface area contributed by atoms with E-state index in [-0.39, 0.29) is 24.3 Å². The molecule has 1 aromatic carbocycles. The van der Waals surface area contributed by atoms with Crippen molar-refractivity contribution in [2.45, 2.75) is 52.3 Å². The number of alkyl halides is 15. The van der Waals surface area contributed by atoms with Crippen LogP contribution < -0.4 is 5.32 Å². The number of carbonyl (C=O) groups is 1. The highest BCUT2D eigenvalue weighted by Crippen LogP contribution is 2.71. The molecule has 0 aromatic heterocycles. The zero-order chi connectivity index (χ0) is 30.3. The van der Waals surface area contributed by atoms with E-state index < -0.39 is 79.1 Å². The van der Waals surface area contributed by atoms with Gasteiger partial charge in [-0.25, -0.2) is 8.78 Å². The van der Waals surface area contributed by atoms with Crippen molar-refractivity contribution in [3.8, 4) is 0 Å². The van der Waals surface area contributed by atoms with Crippen molar-refractivity contribution in [2.75, 3.05) is 5.32 Å². The van der Waals surface area contributed by atoms with E-state index in [4.69, 9.17) is 4.55 Å². The minimum atomic E-state index is -8.69. The van der Waals surface area contributed by atoms with Crippen LogP contribution in [0.4, 0.5) is 76.0 Å². The highest BCUT2D eigenvalue weighted by Gasteiger charge is 3.05. The minimum absolute atomic E-state index is 0.156. The zero-order valence-corrected chi connectivity index (χ0v) is 17.7. The Balaban J connectivity index is 2.77. The molecule has 0 bridgehead atoms. The van der Waals surface area contributed by atoms with Gasteiger partial charge in [-0.15, -0.1) is 4.48 Å². The Kier molecular flexibility index (Phi) is 6.85. The smallest absolute Gasteiger partial charge is 0.321 e. The van der Waals surface area contributed by atoms with Crippen molar-refractivity contribution >= 4 is 21.7 Å². The first kappa shape index (κ1) is 31.7. The normalized spacial score (nSPS) is 28.1. The molecule has 1 heterocycles. The third-order valence-electron chi connectivity index (χ3n) is 5.08. The van der Waals surface area contributed by atoms with Crippen LogP contribution in [0.2, 0.25) is 0 Å². The third kappa shape index (κ3) is 3.63. The number of piperidine rings is 1. The second kappa shape index (κ2) is 8.22. The predicted octanol–water partition coefficient (Wildman–Crippen LogP) is 5.14. The van der Waals surface area contributed by atoms with Gasteiger partial charge in [-0.3, -0.25) is 9.35 Å². The van der Waals surface area contributed by atoms with E-state index >= 15 is 0 Å². The first-order valence-corrected chi connectivity index (χ1v) is 10.1. The van der Waals surface area contributed by atoms with Gasteiger partial charge >= 0.3 is 53.3 Å². The van der Waals surface area contributed by atoms with Crippen LogP contribution in [-0.4, -0.2) is 71.4 Å². The largest absolute Gasteiger partial charge is 0.443 e. The fourth-order valence-corrected chi connectivity index (χ4v) is 3.54. The number of hydrogen-bond acceptors (Lipinski definition) is 4. The summed E-state index contributed by atoms with van der Waals surface area (Å²) in [6.45, 7) is 0. The molecule has 6 nitrogen and oxygen atoms in total. The molecule has 2 N–H and O–H groups in total. The second-order valence-corrected chi connectivity index (χ2v) is 8.77. The van der Waals surface area contributed by atoms with E-state index in [9.17, 15) is 83.5 Å². The predicted molar refractivity (Wildman–Crippen MR) is 86.3 cm³/mol. The minimum Gasteiger partial charge on any atom is -0.321 e. The summed E-state index contributed by atoms with van der Waals surface area (Å²) in [6, 6.07) is -7.02. The summed E-state index contributed by atoms with van der Waals surface area (Å²) in [6.07, 6.45) is -8.15. The average molecular weight is 614 g/mol. The molecule has 0 aliphatic carbocycles. The van der Waals surface area contributed by atoms with Crippen LogP contribution in [0.3, 0.4) is 0 Å². The summed E-state index contributed by atoms with van der Waals surface area (Å²) >= 11 is 0. The van der Waals surface area contributed by atoms with Crippen molar-refractivity contribution in [1.82, 2.24) is 5.12 Å². The SMILES string of the molecule is O=C(Nc1ccc(S(=O)(=O)O)cc1)C(F)(F)C(F)(F)C1(F)C(F)(F)C(F)(F)C(F)(F)N(F)C1(F)C(F)(F)F. The first-order valence-electron chi connectivity index (χ1n) is 8.70. The van der Waals surface area contributed by atoms with Gasteiger partial charge in [0.2, 0.25) is 0 Å². The van der Waals surface area contributed by atoms with E-state index in [0.29, 0.717) is 5.32 Å². The summed E-state index contributed by atoms with van der Waals surface area (Å²) in [5.41, 5.74) is -9.99. The number of halogens is 16. The van der Waals surface area contributed by atoms with Crippen molar-refractivity contribution in [3.63, 3.8) is 0 Å². The molecule has 1 aliphatic heterocycles. The molecule has 1 amide bonds. The number of nitrogens with zero attached hydrogens (tertiary/aromatic N) is 1. The Hall–Kier alpha value is -2.56. The van der Waals surface area contributed by atoms with E-state index in [2.05, 4.69) is 0 Å². The standard InChI is InChI=1S/C15H6F16N2O4S/c16-8(17,7(34)32-5-1-3-6(4-2-5)38(35,36)37)10(19,20)9(18)11(21,22)12(23,24)15(29,30)33(31)13(9,25)14(26,27)28/h1-4H,(H,32,34)(H,35,36,37). The van der Waals surface area contributed by atoms with Crippen LogP contribution in [-0.2, 0) is 14.9 Å². The van der Waals surface area contributed by atoms with E-state index in [1.807, 2.05) is 0 Å². The Morgan fingerprint density at radius 2 is 1.24 bits per heavy atom. The van der Waals surface area contributed by atoms with Crippen LogP contribution in [0, 0.1) is 0 Å². The van der Waals surface area contributed by atoms with Crippen LogP contribution in [0.5, 0.6) is 0 Å². The summed E-state index contributed by atoms with van der Waals surface area (Å²) < 4.78 is 252. The summed E-state index contributed by atoms with van der Waals surface area (Å²) in [5, 5.41) is -3.90. The fraction of sp³-hybridized carbons (Fsp3) is 0.533. The van der Waals surface area contributed by atoms with Crippen molar-refractivity contribution in [3.05, 3.63) is 24.3 Å². The van der Waals surface area contributed by atoms with Gasteiger partial charge in [-0.2, -0.15) is 65.5 Å². The van der Waals surface area contributed by atoms with Gasteiger partial charge in [0.15, 0.2) is 0 Å². The van der Waals surface area contributed by atoms with Gasteiger partial charge < -0.3 is 5.32 Å². The monoisotopic (exact) mass is 614 g/mol. The maximum absolute atomic E-state index is 14.9. The maximum atomic E-state index is 14.9. The molecule has 38 heavy (non-hydrogen) atoms. The lowest BCUT2D eigenvalue weighted by atomic mass is 9.71. The molecule has 1 aliphatic rings. The lowest BCUT2D eigenvalue weighted by Gasteiger charge is -2.56. The fourth-order valence-electron chi connectivity index (χ4n) is 3.06. The number of hydrogen-bond donors (Lipinski definition) is 2. The topological polar surface area (TPSA) is 86.7 Å². The highest BCUT2D eigenvalue weighted by atomic mass is 32.2. The molecule has 0 spiro atoms. The molecule has 1 aromatic rings. The van der Waals surface area contributed by atoms with E-state index in [0.717, 1.165) is 0 Å². The van der Waals surface area contributed by atoms with Crippen LogP contribution >= 0.6 is 0 Å². The molecule has 1 saturated heterocycles. The number of carbonyl (C=O) groups excluding carboxylic acids is 1. The Morgan fingerprint density at radius 1 is 0.816 bits per heavy atom. The molecule has 0 saturated carbocycles. The van der Waals surface area contributed by atoms with Crippen LogP contribution in [0.15, 0.2) is 29.2 Å². The number of rotatable bonds is 5. The Morgan fingerprint density at radius 3 is 1.61 bits per heavy atom. The van der Waals surface area contributed by atoms with Crippen molar-refractivity contribution < 1.29 is 88.1 Å². The number of anilines is 1. The van der Waals surface area contributed by atoms with Crippen molar-refractivity contribution in [2.24, 2.45) is 0 Å². The molecule has 1 fully saturated rings. The molecule has 0 radical (unpaired) electrons. The van der Waals surface area contributed by atoms with Crippen LogP contribution in [0.1, 0.15) is 0 Å². The second-order valence-electron chi connectivity index (χ2n) is 7.35. The van der Waals surface area contributed by atoms with Gasteiger partial charge in [-0.05, 0) is 29.4 Å². The third-order valence-corrected chi connectivity index (χ3v) is 5.94.